The lowest BCUT2D eigenvalue weighted by Crippen LogP contribution is -2.42. The Hall–Kier alpha value is -2.81. The number of nitro benzene ring substituents is 1. The second-order valence-electron chi connectivity index (χ2n) is 6.81. The number of nitro groups is 1. The van der Waals surface area contributed by atoms with E-state index in [0.29, 0.717) is 6.54 Å². The number of hydrogen-bond acceptors (Lipinski definition) is 7. The van der Waals surface area contributed by atoms with Crippen molar-refractivity contribution in [2.45, 2.75) is 23.8 Å². The van der Waals surface area contributed by atoms with Gasteiger partial charge in [0.1, 0.15) is 16.3 Å². The van der Waals surface area contributed by atoms with Crippen molar-refractivity contribution >= 4 is 26.9 Å². The lowest BCUT2D eigenvalue weighted by atomic mass is 10.0. The van der Waals surface area contributed by atoms with E-state index in [1.165, 1.54) is 12.1 Å². The number of rotatable bonds is 6. The molecule has 0 aromatic heterocycles. The molecule has 0 radical (unpaired) electrons. The van der Waals surface area contributed by atoms with Gasteiger partial charge in [-0.25, -0.2) is 8.42 Å². The molecule has 28 heavy (non-hydrogen) atoms. The van der Waals surface area contributed by atoms with E-state index in [2.05, 4.69) is 10.2 Å². The third-order valence-electron chi connectivity index (χ3n) is 4.78. The lowest BCUT2D eigenvalue weighted by molar-refractivity contribution is -0.386. The Morgan fingerprint density at radius 2 is 2.00 bits per heavy atom. The van der Waals surface area contributed by atoms with E-state index >= 15 is 0 Å². The number of hydrogen-bond donors (Lipinski definition) is 1. The fourth-order valence-corrected chi connectivity index (χ4v) is 4.34. The fourth-order valence-electron chi connectivity index (χ4n) is 3.48. The Kier molecular flexibility index (Phi) is 5.73. The van der Waals surface area contributed by atoms with Crippen molar-refractivity contribution in [1.82, 2.24) is 0 Å². The lowest BCUT2D eigenvalue weighted by Gasteiger charge is -2.35. The third kappa shape index (κ3) is 4.36. The zero-order chi connectivity index (χ0) is 20.3. The summed E-state index contributed by atoms with van der Waals surface area (Å²) >= 11 is 0. The van der Waals surface area contributed by atoms with Gasteiger partial charge in [0.25, 0.3) is 0 Å². The van der Waals surface area contributed by atoms with Gasteiger partial charge >= 0.3 is 5.69 Å². The molecule has 2 aromatic rings. The molecule has 1 aliphatic rings. The molecule has 8 nitrogen and oxygen atoms in total. The molecule has 9 heteroatoms. The summed E-state index contributed by atoms with van der Waals surface area (Å²) in [4.78, 5) is 12.8. The second kappa shape index (κ2) is 8.05. The molecular weight excluding hydrogens is 382 g/mol. The zero-order valence-electron chi connectivity index (χ0n) is 15.8. The van der Waals surface area contributed by atoms with Crippen LogP contribution in [0.3, 0.4) is 0 Å². The van der Waals surface area contributed by atoms with Crippen LogP contribution in [0.2, 0.25) is 0 Å². The summed E-state index contributed by atoms with van der Waals surface area (Å²) in [6.45, 7) is 1.52. The molecule has 2 aromatic carbocycles. The van der Waals surface area contributed by atoms with Gasteiger partial charge in [0.05, 0.1) is 12.0 Å². The van der Waals surface area contributed by atoms with Crippen molar-refractivity contribution in [3.8, 4) is 5.75 Å². The molecule has 0 spiro atoms. The van der Waals surface area contributed by atoms with Crippen LogP contribution in [0, 0.1) is 10.1 Å². The standard InChI is InChI=1S/C19H23N3O5S/c1-27-16-8-3-7-15(12-16)21-11-5-6-14(13-21)20-17-9-4-10-18(28(2,25)26)19(17)22(23)24/h3-4,7-10,12,14,20H,5-6,11,13H2,1-2H3. The Balaban J connectivity index is 1.85. The van der Waals surface area contributed by atoms with Crippen LogP contribution in [0.1, 0.15) is 12.8 Å². The van der Waals surface area contributed by atoms with Crippen LogP contribution in [-0.4, -0.2) is 45.8 Å². The SMILES string of the molecule is COc1cccc(N2CCCC(Nc3cccc(S(C)(=O)=O)c3[N+](=O)[O-])C2)c1. The van der Waals surface area contributed by atoms with Crippen LogP contribution >= 0.6 is 0 Å². The molecule has 1 fully saturated rings. The zero-order valence-corrected chi connectivity index (χ0v) is 16.6. The number of methoxy groups -OCH3 is 1. The van der Waals surface area contributed by atoms with Gasteiger partial charge in [0.2, 0.25) is 0 Å². The molecule has 1 unspecified atom stereocenters. The predicted molar refractivity (Wildman–Crippen MR) is 108 cm³/mol. The maximum atomic E-state index is 11.9. The van der Waals surface area contributed by atoms with Crippen LogP contribution < -0.4 is 15.0 Å². The minimum Gasteiger partial charge on any atom is -0.497 e. The number of nitrogens with one attached hydrogen (secondary N) is 1. The van der Waals surface area contributed by atoms with Crippen LogP contribution in [0.15, 0.2) is 47.4 Å². The molecule has 150 valence electrons. The fraction of sp³-hybridized carbons (Fsp3) is 0.368. The molecule has 0 bridgehead atoms. The summed E-state index contributed by atoms with van der Waals surface area (Å²) in [6.07, 6.45) is 2.72. The van der Waals surface area contributed by atoms with E-state index in [1.807, 2.05) is 24.3 Å². The van der Waals surface area contributed by atoms with Gasteiger partial charge in [-0.3, -0.25) is 10.1 Å². The molecule has 1 saturated heterocycles. The van der Waals surface area contributed by atoms with Crippen LogP contribution in [0.5, 0.6) is 5.75 Å². The number of nitrogens with zero attached hydrogens (tertiary/aromatic N) is 2. The van der Waals surface area contributed by atoms with Crippen LogP contribution in [-0.2, 0) is 9.84 Å². The van der Waals surface area contributed by atoms with Gasteiger partial charge in [0, 0.05) is 37.1 Å². The van der Waals surface area contributed by atoms with E-state index in [0.717, 1.165) is 37.1 Å². The molecule has 1 heterocycles. The van der Waals surface area contributed by atoms with Crippen LogP contribution in [0.25, 0.3) is 0 Å². The van der Waals surface area contributed by atoms with Crippen molar-refractivity contribution in [2.75, 3.05) is 36.7 Å². The molecule has 0 aliphatic carbocycles. The van der Waals surface area contributed by atoms with Gasteiger partial charge in [-0.15, -0.1) is 0 Å². The highest BCUT2D eigenvalue weighted by Crippen LogP contribution is 2.33. The summed E-state index contributed by atoms with van der Waals surface area (Å²) in [5.74, 6) is 0.768. The molecule has 1 N–H and O–H groups in total. The highest BCUT2D eigenvalue weighted by atomic mass is 32.2. The molecule has 1 aliphatic heterocycles. The van der Waals surface area contributed by atoms with Gasteiger partial charge in [-0.05, 0) is 37.1 Å². The molecule has 0 saturated carbocycles. The van der Waals surface area contributed by atoms with Crippen molar-refractivity contribution in [3.63, 3.8) is 0 Å². The number of ether oxygens (including phenoxy) is 1. The maximum Gasteiger partial charge on any atom is 0.310 e. The number of para-hydroxylation sites is 1. The van der Waals surface area contributed by atoms with Crippen LogP contribution in [0.4, 0.5) is 17.1 Å². The average Bonchev–Trinajstić information content (AvgIpc) is 2.67. The van der Waals surface area contributed by atoms with Crippen molar-refractivity contribution in [2.24, 2.45) is 0 Å². The van der Waals surface area contributed by atoms with Gasteiger partial charge in [-0.2, -0.15) is 0 Å². The maximum absolute atomic E-state index is 11.9. The molecular formula is C19H23N3O5S. The first-order valence-corrected chi connectivity index (χ1v) is 10.8. The largest absolute Gasteiger partial charge is 0.497 e. The highest BCUT2D eigenvalue weighted by Gasteiger charge is 2.28. The summed E-state index contributed by atoms with van der Waals surface area (Å²) < 4.78 is 29.2. The minimum atomic E-state index is -3.71. The molecule has 3 rings (SSSR count). The first-order valence-electron chi connectivity index (χ1n) is 8.92. The van der Waals surface area contributed by atoms with E-state index in [1.54, 1.807) is 13.2 Å². The normalized spacial score (nSPS) is 17.2. The monoisotopic (exact) mass is 405 g/mol. The van der Waals surface area contributed by atoms with E-state index < -0.39 is 20.4 Å². The first kappa shape index (κ1) is 19.9. The van der Waals surface area contributed by atoms with Crippen molar-refractivity contribution in [3.05, 3.63) is 52.6 Å². The average molecular weight is 405 g/mol. The third-order valence-corrected chi connectivity index (χ3v) is 5.91. The molecule has 0 amide bonds. The minimum absolute atomic E-state index is 0.0477. The summed E-state index contributed by atoms with van der Waals surface area (Å²) in [6, 6.07) is 12.0. The summed E-state index contributed by atoms with van der Waals surface area (Å²) in [5, 5.41) is 14.8. The quantitative estimate of drug-likeness (QED) is 0.582. The second-order valence-corrected chi connectivity index (χ2v) is 8.80. The first-order chi connectivity index (χ1) is 13.3. The summed E-state index contributed by atoms with van der Waals surface area (Å²) in [5.41, 5.74) is 0.846. The van der Waals surface area contributed by atoms with Crippen molar-refractivity contribution in [1.29, 1.82) is 0 Å². The predicted octanol–water partition coefficient (Wildman–Crippen LogP) is 3.09. The number of anilines is 2. The van der Waals surface area contributed by atoms with E-state index in [-0.39, 0.29) is 16.6 Å². The van der Waals surface area contributed by atoms with E-state index in [9.17, 15) is 18.5 Å². The van der Waals surface area contributed by atoms with Gasteiger partial charge in [-0.1, -0.05) is 12.1 Å². The molecule has 1 atom stereocenters. The Bertz CT molecular complexity index is 977. The Morgan fingerprint density at radius 1 is 1.25 bits per heavy atom. The highest BCUT2D eigenvalue weighted by molar-refractivity contribution is 7.90. The van der Waals surface area contributed by atoms with E-state index in [4.69, 9.17) is 4.74 Å². The number of sulfone groups is 1. The topological polar surface area (TPSA) is 102 Å². The number of benzene rings is 2. The van der Waals surface area contributed by atoms with Gasteiger partial charge < -0.3 is 15.0 Å². The number of piperidine rings is 1. The summed E-state index contributed by atoms with van der Waals surface area (Å²) in [7, 11) is -2.09. The Morgan fingerprint density at radius 3 is 2.68 bits per heavy atom. The van der Waals surface area contributed by atoms with Gasteiger partial charge in [0.15, 0.2) is 9.84 Å². The Labute approximate surface area is 164 Å². The smallest absolute Gasteiger partial charge is 0.310 e. The van der Waals surface area contributed by atoms with Crippen molar-refractivity contribution < 1.29 is 18.1 Å².